The monoisotopic (exact) mass is 327 g/mol. The summed E-state index contributed by atoms with van der Waals surface area (Å²) < 4.78 is 0. The van der Waals surface area contributed by atoms with Gasteiger partial charge in [0.1, 0.15) is 5.75 Å². The molecule has 0 aromatic heterocycles. The van der Waals surface area contributed by atoms with Gasteiger partial charge in [-0.25, -0.2) is 0 Å². The summed E-state index contributed by atoms with van der Waals surface area (Å²) in [6.45, 7) is 0.699. The molecule has 1 aliphatic rings. The maximum atomic E-state index is 12.1. The standard InChI is InChI=1S/C16H22ClNO2.2CH4/c17-15-13(9-6-10-14(15)19)16(20)18-11-12-7-4-2-1-3-5-8-12;;/h6,9-10,12,19H,1-5,7-8,11H2,(H,18,20);2*1H4. The van der Waals surface area contributed by atoms with Crippen LogP contribution in [0, 0.1) is 5.92 Å². The molecule has 3 nitrogen and oxygen atoms in total. The van der Waals surface area contributed by atoms with Gasteiger partial charge in [-0.1, -0.05) is 64.6 Å². The van der Waals surface area contributed by atoms with E-state index in [9.17, 15) is 9.90 Å². The number of phenolic OH excluding ortho intramolecular Hbond substituents is 1. The van der Waals surface area contributed by atoms with Crippen LogP contribution in [0.1, 0.15) is 70.2 Å². The lowest BCUT2D eigenvalue weighted by molar-refractivity contribution is 0.0944. The second kappa shape index (κ2) is 10.5. The Balaban J connectivity index is 0.00000220. The molecule has 126 valence electrons. The average molecular weight is 328 g/mol. The maximum absolute atomic E-state index is 12.1. The Morgan fingerprint density at radius 3 is 2.36 bits per heavy atom. The summed E-state index contributed by atoms with van der Waals surface area (Å²) in [4.78, 5) is 12.1. The van der Waals surface area contributed by atoms with Crippen molar-refractivity contribution in [3.63, 3.8) is 0 Å². The first kappa shape index (κ1) is 20.8. The highest BCUT2D eigenvalue weighted by molar-refractivity contribution is 6.35. The SMILES string of the molecule is C.C.O=C(NCC1CCCCCCC1)c1cccc(O)c1Cl. The largest absolute Gasteiger partial charge is 0.506 e. The van der Waals surface area contributed by atoms with Crippen LogP contribution in [0.5, 0.6) is 5.75 Å². The lowest BCUT2D eigenvalue weighted by Gasteiger charge is -2.20. The summed E-state index contributed by atoms with van der Waals surface area (Å²) in [5.41, 5.74) is 0.345. The number of halogens is 1. The van der Waals surface area contributed by atoms with Gasteiger partial charge < -0.3 is 10.4 Å². The molecule has 0 unspecified atom stereocenters. The van der Waals surface area contributed by atoms with Crippen molar-refractivity contribution in [2.75, 3.05) is 6.54 Å². The third kappa shape index (κ3) is 5.88. The number of nitrogens with one attached hydrogen (secondary N) is 1. The minimum absolute atomic E-state index is 0. The second-order valence-corrected chi connectivity index (χ2v) is 5.94. The fraction of sp³-hybridized carbons (Fsp3) is 0.611. The van der Waals surface area contributed by atoms with Gasteiger partial charge in [-0.05, 0) is 30.9 Å². The maximum Gasteiger partial charge on any atom is 0.252 e. The van der Waals surface area contributed by atoms with Crippen LogP contribution in [-0.2, 0) is 0 Å². The zero-order chi connectivity index (χ0) is 14.4. The fourth-order valence-electron chi connectivity index (χ4n) is 2.77. The van der Waals surface area contributed by atoms with Gasteiger partial charge in [0.15, 0.2) is 0 Å². The summed E-state index contributed by atoms with van der Waals surface area (Å²) in [5, 5.41) is 12.6. The van der Waals surface area contributed by atoms with Crippen molar-refractivity contribution in [3.05, 3.63) is 28.8 Å². The molecule has 0 heterocycles. The smallest absolute Gasteiger partial charge is 0.252 e. The van der Waals surface area contributed by atoms with Crippen molar-refractivity contribution in [1.29, 1.82) is 0 Å². The first-order valence-electron chi connectivity index (χ1n) is 7.44. The molecule has 0 radical (unpaired) electrons. The Morgan fingerprint density at radius 1 is 1.14 bits per heavy atom. The zero-order valence-corrected chi connectivity index (χ0v) is 12.5. The predicted octanol–water partition coefficient (Wildman–Crippen LogP) is 5.41. The third-order valence-electron chi connectivity index (χ3n) is 4.00. The highest BCUT2D eigenvalue weighted by Crippen LogP contribution is 2.27. The molecule has 1 aromatic carbocycles. The predicted molar refractivity (Wildman–Crippen MR) is 94.7 cm³/mol. The molecule has 1 fully saturated rings. The highest BCUT2D eigenvalue weighted by atomic mass is 35.5. The number of benzene rings is 1. The first-order chi connectivity index (χ1) is 9.68. The molecule has 4 heteroatoms. The number of aromatic hydroxyl groups is 1. The van der Waals surface area contributed by atoms with Gasteiger partial charge in [-0.15, -0.1) is 0 Å². The van der Waals surface area contributed by atoms with Crippen LogP contribution >= 0.6 is 11.6 Å². The highest BCUT2D eigenvalue weighted by Gasteiger charge is 2.16. The number of carbonyl (C=O) groups excluding carboxylic acids is 1. The molecular formula is C18H30ClNO2. The minimum Gasteiger partial charge on any atom is -0.506 e. The van der Waals surface area contributed by atoms with Gasteiger partial charge in [0.2, 0.25) is 0 Å². The van der Waals surface area contributed by atoms with E-state index in [4.69, 9.17) is 11.6 Å². The van der Waals surface area contributed by atoms with E-state index >= 15 is 0 Å². The Bertz CT molecular complexity index is 454. The normalized spacial score (nSPS) is 15.7. The van der Waals surface area contributed by atoms with Crippen molar-refractivity contribution in [2.45, 2.75) is 59.8 Å². The van der Waals surface area contributed by atoms with Gasteiger partial charge in [-0.2, -0.15) is 0 Å². The van der Waals surface area contributed by atoms with E-state index in [1.54, 1.807) is 12.1 Å². The number of hydrogen-bond donors (Lipinski definition) is 2. The molecule has 0 bridgehead atoms. The molecule has 2 N–H and O–H groups in total. The van der Waals surface area contributed by atoms with E-state index in [0.717, 1.165) is 0 Å². The number of amides is 1. The molecule has 22 heavy (non-hydrogen) atoms. The zero-order valence-electron chi connectivity index (χ0n) is 11.7. The second-order valence-electron chi connectivity index (χ2n) is 5.56. The third-order valence-corrected chi connectivity index (χ3v) is 4.40. The average Bonchev–Trinajstić information content (AvgIpc) is 2.40. The molecule has 1 aliphatic carbocycles. The Hall–Kier alpha value is -1.22. The lowest BCUT2D eigenvalue weighted by Crippen LogP contribution is -2.29. The van der Waals surface area contributed by atoms with E-state index in [0.29, 0.717) is 18.0 Å². The van der Waals surface area contributed by atoms with Crippen LogP contribution < -0.4 is 5.32 Å². The lowest BCUT2D eigenvalue weighted by atomic mass is 9.91. The molecule has 1 aromatic rings. The van der Waals surface area contributed by atoms with E-state index < -0.39 is 0 Å². The number of carbonyl (C=O) groups is 1. The number of hydrogen-bond acceptors (Lipinski definition) is 2. The van der Waals surface area contributed by atoms with Crippen LogP contribution in [0.15, 0.2) is 18.2 Å². The summed E-state index contributed by atoms with van der Waals surface area (Å²) in [6, 6.07) is 4.75. The molecule has 0 atom stereocenters. The van der Waals surface area contributed by atoms with Crippen molar-refractivity contribution < 1.29 is 9.90 Å². The van der Waals surface area contributed by atoms with Gasteiger partial charge in [0, 0.05) is 6.54 Å². The van der Waals surface area contributed by atoms with Crippen molar-refractivity contribution in [1.82, 2.24) is 5.32 Å². The molecule has 1 amide bonds. The van der Waals surface area contributed by atoms with Crippen LogP contribution in [0.2, 0.25) is 5.02 Å². The summed E-state index contributed by atoms with van der Waals surface area (Å²) in [5.74, 6) is 0.313. The van der Waals surface area contributed by atoms with Crippen molar-refractivity contribution in [2.24, 2.45) is 5.92 Å². The first-order valence-corrected chi connectivity index (χ1v) is 7.82. The van der Waals surface area contributed by atoms with E-state index in [-0.39, 0.29) is 31.5 Å². The number of rotatable bonds is 3. The van der Waals surface area contributed by atoms with Crippen LogP contribution in [-0.4, -0.2) is 17.6 Å². The van der Waals surface area contributed by atoms with Gasteiger partial charge in [-0.3, -0.25) is 4.79 Å². The molecule has 0 spiro atoms. The summed E-state index contributed by atoms with van der Waals surface area (Å²) in [6.07, 6.45) is 8.85. The molecule has 2 rings (SSSR count). The van der Waals surface area contributed by atoms with Crippen LogP contribution in [0.4, 0.5) is 0 Å². The Labute approximate surface area is 140 Å². The van der Waals surface area contributed by atoms with Crippen LogP contribution in [0.25, 0.3) is 0 Å². The molecule has 0 aliphatic heterocycles. The summed E-state index contributed by atoms with van der Waals surface area (Å²) >= 11 is 5.95. The summed E-state index contributed by atoms with van der Waals surface area (Å²) in [7, 11) is 0. The van der Waals surface area contributed by atoms with Crippen molar-refractivity contribution in [3.8, 4) is 5.75 Å². The molecule has 0 saturated heterocycles. The van der Waals surface area contributed by atoms with E-state index in [1.807, 2.05) is 0 Å². The van der Waals surface area contributed by atoms with Crippen LogP contribution in [0.3, 0.4) is 0 Å². The Kier molecular flexibility index (Phi) is 9.91. The minimum atomic E-state index is -0.201. The number of phenols is 1. The fourth-order valence-corrected chi connectivity index (χ4v) is 2.98. The Morgan fingerprint density at radius 2 is 1.73 bits per heavy atom. The van der Waals surface area contributed by atoms with Gasteiger partial charge in [0.05, 0.1) is 10.6 Å². The topological polar surface area (TPSA) is 49.3 Å². The van der Waals surface area contributed by atoms with Crippen molar-refractivity contribution >= 4 is 17.5 Å². The molecule has 1 saturated carbocycles. The molecular weight excluding hydrogens is 298 g/mol. The van der Waals surface area contributed by atoms with Gasteiger partial charge in [0.25, 0.3) is 5.91 Å². The quantitative estimate of drug-likeness (QED) is 0.780. The van der Waals surface area contributed by atoms with Gasteiger partial charge >= 0.3 is 0 Å². The van der Waals surface area contributed by atoms with E-state index in [2.05, 4.69) is 5.32 Å². The van der Waals surface area contributed by atoms with E-state index in [1.165, 1.54) is 51.0 Å².